The molecule has 3 rings (SSSR count). The molecule has 140 valence electrons. The Morgan fingerprint density at radius 1 is 1.04 bits per heavy atom. The van der Waals surface area contributed by atoms with E-state index < -0.39 is 29.2 Å². The fourth-order valence-corrected chi connectivity index (χ4v) is 3.31. The van der Waals surface area contributed by atoms with E-state index in [1.54, 1.807) is 51.1 Å². The van der Waals surface area contributed by atoms with E-state index in [2.05, 4.69) is 0 Å². The van der Waals surface area contributed by atoms with E-state index in [4.69, 9.17) is 0 Å². The number of carbonyl (C=O) groups excluding carboxylic acids is 3. The van der Waals surface area contributed by atoms with Gasteiger partial charge in [0.05, 0.1) is 12.1 Å². The third-order valence-electron chi connectivity index (χ3n) is 4.48. The molecule has 3 amide bonds. The van der Waals surface area contributed by atoms with Gasteiger partial charge in [0, 0.05) is 11.1 Å². The fraction of sp³-hybridized carbons (Fsp3) is 0.286. The number of nitrogens with zero attached hydrogens (tertiary/aromatic N) is 2. The zero-order valence-electron chi connectivity index (χ0n) is 15.5. The van der Waals surface area contributed by atoms with E-state index in [9.17, 15) is 18.8 Å². The summed E-state index contributed by atoms with van der Waals surface area (Å²) in [6, 6.07) is 12.9. The maximum atomic E-state index is 13.2. The number of para-hydroxylation sites is 1. The summed E-state index contributed by atoms with van der Waals surface area (Å²) in [5, 5.41) is 0. The normalized spacial score (nSPS) is 17.3. The number of anilines is 1. The van der Waals surface area contributed by atoms with Gasteiger partial charge in [-0.3, -0.25) is 14.4 Å². The molecule has 1 saturated heterocycles. The zero-order valence-corrected chi connectivity index (χ0v) is 15.5. The molecule has 0 bridgehead atoms. The number of benzene rings is 2. The molecule has 2 aromatic carbocycles. The minimum atomic E-state index is -0.907. The summed E-state index contributed by atoms with van der Waals surface area (Å²) in [5.74, 6) is -1.64. The summed E-state index contributed by atoms with van der Waals surface area (Å²) in [4.78, 5) is 41.2. The van der Waals surface area contributed by atoms with Gasteiger partial charge in [-0.25, -0.2) is 9.29 Å². The van der Waals surface area contributed by atoms with Gasteiger partial charge in [-0.2, -0.15) is 0 Å². The highest BCUT2D eigenvalue weighted by atomic mass is 19.1. The summed E-state index contributed by atoms with van der Waals surface area (Å²) in [7, 11) is 0. The summed E-state index contributed by atoms with van der Waals surface area (Å²) in [6.07, 6.45) is -0.0854. The Balaban J connectivity index is 1.97. The highest BCUT2D eigenvalue weighted by Gasteiger charge is 2.47. The van der Waals surface area contributed by atoms with E-state index in [1.165, 1.54) is 29.2 Å². The van der Waals surface area contributed by atoms with Crippen LogP contribution in [0.5, 0.6) is 0 Å². The van der Waals surface area contributed by atoms with Gasteiger partial charge >= 0.3 is 0 Å². The predicted octanol–water partition coefficient (Wildman–Crippen LogP) is 3.40. The molecule has 0 aromatic heterocycles. The standard InChI is InChI=1S/C21H21FN2O3/c1-21(2,3)24(19(26)14-9-11-15(22)12-10-14)17-13-18(25)23(20(17)27)16-7-5-4-6-8-16/h4-12,17H,13H2,1-3H3. The molecule has 1 aliphatic heterocycles. The Morgan fingerprint density at radius 3 is 2.19 bits per heavy atom. The van der Waals surface area contributed by atoms with Crippen LogP contribution in [0.15, 0.2) is 54.6 Å². The van der Waals surface area contributed by atoms with Crippen LogP contribution < -0.4 is 4.90 Å². The smallest absolute Gasteiger partial charge is 0.257 e. The Morgan fingerprint density at radius 2 is 1.63 bits per heavy atom. The lowest BCUT2D eigenvalue weighted by atomic mass is 9.99. The average molecular weight is 368 g/mol. The lowest BCUT2D eigenvalue weighted by Gasteiger charge is -2.39. The molecule has 6 heteroatoms. The van der Waals surface area contributed by atoms with Crippen molar-refractivity contribution in [3.8, 4) is 0 Å². The van der Waals surface area contributed by atoms with Crippen molar-refractivity contribution >= 4 is 23.4 Å². The molecule has 2 aromatic rings. The fourth-order valence-electron chi connectivity index (χ4n) is 3.31. The molecule has 1 fully saturated rings. The molecular weight excluding hydrogens is 347 g/mol. The predicted molar refractivity (Wildman–Crippen MR) is 99.7 cm³/mol. The lowest BCUT2D eigenvalue weighted by molar-refractivity contribution is -0.123. The van der Waals surface area contributed by atoms with Crippen molar-refractivity contribution < 1.29 is 18.8 Å². The van der Waals surface area contributed by atoms with Gasteiger partial charge in [-0.1, -0.05) is 18.2 Å². The topological polar surface area (TPSA) is 57.7 Å². The first kappa shape index (κ1) is 18.8. The molecule has 0 radical (unpaired) electrons. The molecular formula is C21H21FN2O3. The molecule has 1 heterocycles. The van der Waals surface area contributed by atoms with Crippen LogP contribution in [0.3, 0.4) is 0 Å². The Labute approximate surface area is 157 Å². The third-order valence-corrected chi connectivity index (χ3v) is 4.48. The van der Waals surface area contributed by atoms with Crippen LogP contribution in [0.25, 0.3) is 0 Å². The molecule has 1 atom stereocenters. The van der Waals surface area contributed by atoms with Gasteiger partial charge in [0.1, 0.15) is 11.9 Å². The highest BCUT2D eigenvalue weighted by Crippen LogP contribution is 2.30. The number of rotatable bonds is 3. The van der Waals surface area contributed by atoms with Crippen LogP contribution >= 0.6 is 0 Å². The molecule has 0 saturated carbocycles. The number of hydrogen-bond donors (Lipinski definition) is 0. The molecule has 0 N–H and O–H groups in total. The van der Waals surface area contributed by atoms with Crippen molar-refractivity contribution in [2.45, 2.75) is 38.8 Å². The Bertz CT molecular complexity index is 873. The van der Waals surface area contributed by atoms with E-state index in [0.29, 0.717) is 5.69 Å². The SMILES string of the molecule is CC(C)(C)N(C(=O)c1ccc(F)cc1)C1CC(=O)N(c2ccccc2)C1=O. The minimum Gasteiger partial charge on any atom is -0.321 e. The van der Waals surface area contributed by atoms with Crippen molar-refractivity contribution in [1.82, 2.24) is 4.90 Å². The second-order valence-corrected chi connectivity index (χ2v) is 7.48. The summed E-state index contributed by atoms with van der Waals surface area (Å²) < 4.78 is 13.2. The first-order valence-corrected chi connectivity index (χ1v) is 8.71. The van der Waals surface area contributed by atoms with Crippen LogP contribution in [0.4, 0.5) is 10.1 Å². The largest absolute Gasteiger partial charge is 0.321 e. The van der Waals surface area contributed by atoms with Crippen LogP contribution in [0.2, 0.25) is 0 Å². The van der Waals surface area contributed by atoms with Gasteiger partial charge in [0.15, 0.2) is 0 Å². The quantitative estimate of drug-likeness (QED) is 0.780. The highest BCUT2D eigenvalue weighted by molar-refractivity contribution is 6.23. The molecule has 5 nitrogen and oxygen atoms in total. The van der Waals surface area contributed by atoms with Crippen LogP contribution in [0.1, 0.15) is 37.6 Å². The van der Waals surface area contributed by atoms with E-state index in [0.717, 1.165) is 4.90 Å². The number of hydrogen-bond acceptors (Lipinski definition) is 3. The third kappa shape index (κ3) is 3.60. The summed E-state index contributed by atoms with van der Waals surface area (Å²) >= 11 is 0. The lowest BCUT2D eigenvalue weighted by Crippen LogP contribution is -2.54. The Kier molecular flexibility index (Phi) is 4.83. The van der Waals surface area contributed by atoms with Crippen molar-refractivity contribution in [2.24, 2.45) is 0 Å². The number of halogens is 1. The first-order valence-electron chi connectivity index (χ1n) is 8.71. The summed E-state index contributed by atoms with van der Waals surface area (Å²) in [5.41, 5.74) is 0.0431. The van der Waals surface area contributed by atoms with Crippen molar-refractivity contribution in [3.05, 3.63) is 66.0 Å². The van der Waals surface area contributed by atoms with Crippen molar-refractivity contribution in [2.75, 3.05) is 4.90 Å². The van der Waals surface area contributed by atoms with Crippen LogP contribution in [0, 0.1) is 5.82 Å². The van der Waals surface area contributed by atoms with Gasteiger partial charge < -0.3 is 4.90 Å². The monoisotopic (exact) mass is 368 g/mol. The van der Waals surface area contributed by atoms with Gasteiger partial charge in [0.25, 0.3) is 11.8 Å². The maximum Gasteiger partial charge on any atom is 0.257 e. The molecule has 1 aliphatic rings. The molecule has 27 heavy (non-hydrogen) atoms. The number of carbonyl (C=O) groups is 3. The second kappa shape index (κ2) is 6.95. The van der Waals surface area contributed by atoms with E-state index >= 15 is 0 Å². The molecule has 1 unspecified atom stereocenters. The van der Waals surface area contributed by atoms with Crippen molar-refractivity contribution in [1.29, 1.82) is 0 Å². The van der Waals surface area contributed by atoms with Gasteiger partial charge in [-0.15, -0.1) is 0 Å². The number of imide groups is 1. The Hall–Kier alpha value is -3.02. The van der Waals surface area contributed by atoms with Crippen LogP contribution in [-0.4, -0.2) is 34.2 Å². The van der Waals surface area contributed by atoms with E-state index in [-0.39, 0.29) is 17.9 Å². The summed E-state index contributed by atoms with van der Waals surface area (Å²) in [6.45, 7) is 5.41. The minimum absolute atomic E-state index is 0.0854. The average Bonchev–Trinajstić information content (AvgIpc) is 2.89. The molecule has 0 spiro atoms. The van der Waals surface area contributed by atoms with Crippen LogP contribution in [-0.2, 0) is 9.59 Å². The number of amides is 3. The van der Waals surface area contributed by atoms with E-state index in [1.807, 2.05) is 0 Å². The van der Waals surface area contributed by atoms with Gasteiger partial charge in [0.2, 0.25) is 5.91 Å². The van der Waals surface area contributed by atoms with Gasteiger partial charge in [-0.05, 0) is 57.2 Å². The maximum absolute atomic E-state index is 13.2. The second-order valence-electron chi connectivity index (χ2n) is 7.48. The zero-order chi connectivity index (χ0) is 19.8. The first-order chi connectivity index (χ1) is 12.7. The molecule has 0 aliphatic carbocycles. The van der Waals surface area contributed by atoms with Crippen molar-refractivity contribution in [3.63, 3.8) is 0 Å².